The highest BCUT2D eigenvalue weighted by molar-refractivity contribution is 7.99. The largest absolute Gasteiger partial charge is 0.325 e. The standard InChI is InChI=1S/C18H18N4OS/c1-13-8-9-15(10-14(13)2)20-17(23)11-24-18-21-19-12-22(18)16-6-4-3-5-7-16/h3-10,12H,11H2,1-2H3,(H,20,23). The first-order valence-corrected chi connectivity index (χ1v) is 8.57. The molecule has 0 aliphatic carbocycles. The number of anilines is 1. The molecule has 122 valence electrons. The minimum Gasteiger partial charge on any atom is -0.325 e. The number of thioether (sulfide) groups is 1. The molecule has 0 unspecified atom stereocenters. The maximum atomic E-state index is 12.2. The van der Waals surface area contributed by atoms with Crippen LogP contribution in [0, 0.1) is 13.8 Å². The Kier molecular flexibility index (Phi) is 4.96. The van der Waals surface area contributed by atoms with Crippen LogP contribution in [-0.4, -0.2) is 26.4 Å². The number of hydrogen-bond donors (Lipinski definition) is 1. The zero-order valence-electron chi connectivity index (χ0n) is 13.6. The van der Waals surface area contributed by atoms with Crippen molar-refractivity contribution in [2.24, 2.45) is 0 Å². The highest BCUT2D eigenvalue weighted by Crippen LogP contribution is 2.20. The lowest BCUT2D eigenvalue weighted by Crippen LogP contribution is -2.14. The molecule has 2 aromatic carbocycles. The van der Waals surface area contributed by atoms with Gasteiger partial charge < -0.3 is 5.32 Å². The lowest BCUT2D eigenvalue weighted by Gasteiger charge is -2.08. The van der Waals surface area contributed by atoms with E-state index in [1.807, 2.05) is 66.9 Å². The van der Waals surface area contributed by atoms with Crippen LogP contribution in [0.3, 0.4) is 0 Å². The number of carbonyl (C=O) groups excluding carboxylic acids is 1. The Morgan fingerprint density at radius 3 is 2.67 bits per heavy atom. The van der Waals surface area contributed by atoms with E-state index in [1.54, 1.807) is 6.33 Å². The van der Waals surface area contributed by atoms with Crippen LogP contribution >= 0.6 is 11.8 Å². The van der Waals surface area contributed by atoms with Crippen LogP contribution in [0.15, 0.2) is 60.0 Å². The second-order valence-electron chi connectivity index (χ2n) is 5.45. The molecule has 1 amide bonds. The number of nitrogens with one attached hydrogen (secondary N) is 1. The number of aryl methyl sites for hydroxylation is 2. The van der Waals surface area contributed by atoms with Gasteiger partial charge in [-0.15, -0.1) is 10.2 Å². The second-order valence-corrected chi connectivity index (χ2v) is 6.40. The molecule has 0 bridgehead atoms. The number of carbonyl (C=O) groups is 1. The van der Waals surface area contributed by atoms with Crippen molar-refractivity contribution in [2.75, 3.05) is 11.1 Å². The van der Waals surface area contributed by atoms with Crippen molar-refractivity contribution in [3.63, 3.8) is 0 Å². The number of nitrogens with zero attached hydrogens (tertiary/aromatic N) is 3. The van der Waals surface area contributed by atoms with Crippen molar-refractivity contribution in [3.05, 3.63) is 66.0 Å². The summed E-state index contributed by atoms with van der Waals surface area (Å²) in [5.74, 6) is 0.212. The molecule has 1 heterocycles. The van der Waals surface area contributed by atoms with Gasteiger partial charge in [0.1, 0.15) is 6.33 Å². The van der Waals surface area contributed by atoms with E-state index < -0.39 is 0 Å². The molecule has 0 saturated heterocycles. The molecule has 1 N–H and O–H groups in total. The molecule has 0 spiro atoms. The number of aromatic nitrogens is 3. The third kappa shape index (κ3) is 3.83. The average Bonchev–Trinajstić information content (AvgIpc) is 3.06. The van der Waals surface area contributed by atoms with Crippen molar-refractivity contribution in [1.82, 2.24) is 14.8 Å². The fourth-order valence-electron chi connectivity index (χ4n) is 2.23. The summed E-state index contributed by atoms with van der Waals surface area (Å²) in [7, 11) is 0. The van der Waals surface area contributed by atoms with Crippen LogP contribution in [0.5, 0.6) is 0 Å². The van der Waals surface area contributed by atoms with Gasteiger partial charge in [0.2, 0.25) is 5.91 Å². The molecule has 0 saturated carbocycles. The van der Waals surface area contributed by atoms with Crippen molar-refractivity contribution >= 4 is 23.4 Å². The highest BCUT2D eigenvalue weighted by atomic mass is 32.2. The molecule has 1 aromatic heterocycles. The predicted molar refractivity (Wildman–Crippen MR) is 96.6 cm³/mol. The minimum atomic E-state index is -0.0640. The number of para-hydroxylation sites is 1. The Morgan fingerprint density at radius 1 is 1.12 bits per heavy atom. The number of benzene rings is 2. The van der Waals surface area contributed by atoms with E-state index in [0.29, 0.717) is 5.16 Å². The van der Waals surface area contributed by atoms with Gasteiger partial charge in [-0.3, -0.25) is 9.36 Å². The third-order valence-corrected chi connectivity index (χ3v) is 4.62. The van der Waals surface area contributed by atoms with Crippen molar-refractivity contribution in [2.45, 2.75) is 19.0 Å². The molecule has 0 radical (unpaired) electrons. The number of rotatable bonds is 5. The van der Waals surface area contributed by atoms with Crippen LogP contribution in [0.1, 0.15) is 11.1 Å². The fraction of sp³-hybridized carbons (Fsp3) is 0.167. The second kappa shape index (κ2) is 7.31. The smallest absolute Gasteiger partial charge is 0.234 e. The van der Waals surface area contributed by atoms with Gasteiger partial charge in [0, 0.05) is 11.4 Å². The zero-order chi connectivity index (χ0) is 16.9. The Labute approximate surface area is 145 Å². The summed E-state index contributed by atoms with van der Waals surface area (Å²) in [6.45, 7) is 4.08. The lowest BCUT2D eigenvalue weighted by molar-refractivity contribution is -0.113. The van der Waals surface area contributed by atoms with Crippen LogP contribution in [0.2, 0.25) is 0 Å². The summed E-state index contributed by atoms with van der Waals surface area (Å²) in [6, 6.07) is 15.7. The quantitative estimate of drug-likeness (QED) is 0.722. The summed E-state index contributed by atoms with van der Waals surface area (Å²) in [5, 5.41) is 11.6. The first-order valence-electron chi connectivity index (χ1n) is 7.59. The van der Waals surface area contributed by atoms with E-state index in [0.717, 1.165) is 16.9 Å². The lowest BCUT2D eigenvalue weighted by atomic mass is 10.1. The SMILES string of the molecule is Cc1ccc(NC(=O)CSc2nncn2-c2ccccc2)cc1C. The zero-order valence-corrected chi connectivity index (χ0v) is 14.4. The van der Waals surface area contributed by atoms with Gasteiger partial charge in [0.05, 0.1) is 5.75 Å². The summed E-state index contributed by atoms with van der Waals surface area (Å²) in [5.41, 5.74) is 4.15. The van der Waals surface area contributed by atoms with Crippen LogP contribution in [0.4, 0.5) is 5.69 Å². The van der Waals surface area contributed by atoms with E-state index in [9.17, 15) is 4.79 Å². The molecular weight excluding hydrogens is 320 g/mol. The van der Waals surface area contributed by atoms with Gasteiger partial charge in [-0.05, 0) is 49.2 Å². The molecule has 24 heavy (non-hydrogen) atoms. The Hall–Kier alpha value is -2.60. The molecule has 0 aliphatic rings. The van der Waals surface area contributed by atoms with E-state index in [2.05, 4.69) is 15.5 Å². The van der Waals surface area contributed by atoms with E-state index in [1.165, 1.54) is 17.3 Å². The first-order chi connectivity index (χ1) is 11.6. The molecular formula is C18H18N4OS. The van der Waals surface area contributed by atoms with Crippen LogP contribution in [0.25, 0.3) is 5.69 Å². The maximum Gasteiger partial charge on any atom is 0.234 e. The molecule has 0 fully saturated rings. The molecule has 3 rings (SSSR count). The summed E-state index contributed by atoms with van der Waals surface area (Å²) < 4.78 is 1.87. The first kappa shape index (κ1) is 16.3. The Morgan fingerprint density at radius 2 is 1.92 bits per heavy atom. The molecule has 0 aliphatic heterocycles. The third-order valence-electron chi connectivity index (χ3n) is 3.67. The molecule has 5 nitrogen and oxygen atoms in total. The average molecular weight is 338 g/mol. The van der Waals surface area contributed by atoms with E-state index in [-0.39, 0.29) is 11.7 Å². The number of hydrogen-bond acceptors (Lipinski definition) is 4. The molecule has 0 atom stereocenters. The molecule has 6 heteroatoms. The normalized spacial score (nSPS) is 10.6. The van der Waals surface area contributed by atoms with Crippen molar-refractivity contribution < 1.29 is 4.79 Å². The van der Waals surface area contributed by atoms with Gasteiger partial charge >= 0.3 is 0 Å². The monoisotopic (exact) mass is 338 g/mol. The Balaban J connectivity index is 1.63. The summed E-state index contributed by atoms with van der Waals surface area (Å²) in [4.78, 5) is 12.2. The van der Waals surface area contributed by atoms with E-state index in [4.69, 9.17) is 0 Å². The topological polar surface area (TPSA) is 59.8 Å². The van der Waals surface area contributed by atoms with Crippen molar-refractivity contribution in [3.8, 4) is 5.69 Å². The Bertz CT molecular complexity index is 845. The van der Waals surface area contributed by atoms with E-state index >= 15 is 0 Å². The van der Waals surface area contributed by atoms with Gasteiger partial charge in [-0.25, -0.2) is 0 Å². The predicted octanol–water partition coefficient (Wildman–Crippen LogP) is 3.61. The van der Waals surface area contributed by atoms with Gasteiger partial charge in [-0.2, -0.15) is 0 Å². The highest BCUT2D eigenvalue weighted by Gasteiger charge is 2.10. The van der Waals surface area contributed by atoms with Gasteiger partial charge in [0.15, 0.2) is 5.16 Å². The minimum absolute atomic E-state index is 0.0640. The summed E-state index contributed by atoms with van der Waals surface area (Å²) >= 11 is 1.36. The maximum absolute atomic E-state index is 12.2. The van der Waals surface area contributed by atoms with Gasteiger partial charge in [-0.1, -0.05) is 36.0 Å². The van der Waals surface area contributed by atoms with Gasteiger partial charge in [0.25, 0.3) is 0 Å². The van der Waals surface area contributed by atoms with Crippen LogP contribution < -0.4 is 5.32 Å². The van der Waals surface area contributed by atoms with Crippen LogP contribution in [-0.2, 0) is 4.79 Å². The van der Waals surface area contributed by atoms with Crippen molar-refractivity contribution in [1.29, 1.82) is 0 Å². The molecule has 3 aromatic rings. The number of amides is 1. The summed E-state index contributed by atoms with van der Waals surface area (Å²) in [6.07, 6.45) is 1.65. The fourth-order valence-corrected chi connectivity index (χ4v) is 2.96.